The molecule has 2 N–H and O–H groups in total. The van der Waals surface area contributed by atoms with Crippen LogP contribution in [0.5, 0.6) is 11.5 Å². The van der Waals surface area contributed by atoms with Crippen molar-refractivity contribution in [1.82, 2.24) is 0 Å². The quantitative estimate of drug-likeness (QED) is 0.621. The number of aromatic hydroxyl groups is 2. The summed E-state index contributed by atoms with van der Waals surface area (Å²) in [5, 5.41) is 29.6. The summed E-state index contributed by atoms with van der Waals surface area (Å²) in [4.78, 5) is 10.5. The van der Waals surface area contributed by atoms with Gasteiger partial charge in [-0.05, 0) is 18.2 Å². The van der Waals surface area contributed by atoms with E-state index in [2.05, 4.69) is 0 Å². The minimum atomic E-state index is -0.509. The van der Waals surface area contributed by atoms with Gasteiger partial charge in [0.25, 0.3) is 0 Å². The average molecular weight is 237 g/mol. The molecule has 2 aromatic rings. The summed E-state index contributed by atoms with van der Waals surface area (Å²) in [6, 6.07) is 7.17. The Kier molecular flexibility index (Phi) is 2.49. The number of phenols is 2. The molecule has 1 aromatic carbocycles. The maximum atomic E-state index is 10.5. The molecule has 0 aliphatic carbocycles. The van der Waals surface area contributed by atoms with Gasteiger partial charge in [0, 0.05) is 10.9 Å². The number of benzene rings is 1. The minimum absolute atomic E-state index is 0.0300. The molecule has 0 saturated heterocycles. The van der Waals surface area contributed by atoms with Gasteiger partial charge in [0.2, 0.25) is 0 Å². The van der Waals surface area contributed by atoms with Crippen molar-refractivity contribution in [2.24, 2.45) is 0 Å². The Morgan fingerprint density at radius 3 is 2.25 bits per heavy atom. The molecule has 0 amide bonds. The van der Waals surface area contributed by atoms with Gasteiger partial charge in [0.05, 0.1) is 10.5 Å². The average Bonchev–Trinajstić information content (AvgIpc) is 2.66. The van der Waals surface area contributed by atoms with Crippen LogP contribution < -0.4 is 0 Å². The van der Waals surface area contributed by atoms with Gasteiger partial charge in [-0.3, -0.25) is 10.1 Å². The van der Waals surface area contributed by atoms with Crippen LogP contribution in [0.4, 0.5) is 5.00 Å². The molecule has 0 spiro atoms. The first-order valence-corrected chi connectivity index (χ1v) is 5.17. The fraction of sp³-hybridized carbons (Fsp3) is 0. The predicted molar refractivity (Wildman–Crippen MR) is 59.7 cm³/mol. The molecule has 16 heavy (non-hydrogen) atoms. The molecule has 0 atom stereocenters. The van der Waals surface area contributed by atoms with E-state index in [-0.39, 0.29) is 22.1 Å². The lowest BCUT2D eigenvalue weighted by Gasteiger charge is -2.03. The van der Waals surface area contributed by atoms with Gasteiger partial charge in [-0.2, -0.15) is 0 Å². The van der Waals surface area contributed by atoms with Crippen molar-refractivity contribution in [3.63, 3.8) is 0 Å². The second-order valence-corrected chi connectivity index (χ2v) is 4.13. The number of phenolic OH excluding ortho intramolecular Hbond substituents is 2. The SMILES string of the molecule is O=[N+]([O-])c1ccc(-c2c(O)cccc2O)s1. The van der Waals surface area contributed by atoms with Crippen LogP contribution in [0, 0.1) is 10.1 Å². The van der Waals surface area contributed by atoms with Gasteiger partial charge in [-0.15, -0.1) is 0 Å². The molecule has 0 radical (unpaired) electrons. The van der Waals surface area contributed by atoms with Crippen LogP contribution in [0.25, 0.3) is 10.4 Å². The number of nitrogens with zero attached hydrogens (tertiary/aromatic N) is 1. The number of hydrogen-bond donors (Lipinski definition) is 2. The van der Waals surface area contributed by atoms with Crippen LogP contribution in [-0.4, -0.2) is 15.1 Å². The first-order valence-electron chi connectivity index (χ1n) is 4.35. The van der Waals surface area contributed by atoms with E-state index in [1.54, 1.807) is 0 Å². The highest BCUT2D eigenvalue weighted by Crippen LogP contribution is 2.42. The molecule has 0 aliphatic heterocycles. The fourth-order valence-corrected chi connectivity index (χ4v) is 2.22. The zero-order valence-electron chi connectivity index (χ0n) is 7.95. The molecule has 0 aliphatic rings. The van der Waals surface area contributed by atoms with Gasteiger partial charge >= 0.3 is 5.00 Å². The van der Waals surface area contributed by atoms with Crippen LogP contribution in [-0.2, 0) is 0 Å². The lowest BCUT2D eigenvalue weighted by molar-refractivity contribution is -0.380. The number of nitro groups is 1. The largest absolute Gasteiger partial charge is 0.507 e. The molecular weight excluding hydrogens is 230 g/mol. The van der Waals surface area contributed by atoms with Crippen LogP contribution >= 0.6 is 11.3 Å². The van der Waals surface area contributed by atoms with E-state index in [1.807, 2.05) is 0 Å². The standard InChI is InChI=1S/C10H7NO4S/c12-6-2-1-3-7(13)10(6)8-4-5-9(16-8)11(14)15/h1-5,12-13H. The van der Waals surface area contributed by atoms with Crippen molar-refractivity contribution in [2.45, 2.75) is 0 Å². The Labute approximate surface area is 94.4 Å². The van der Waals surface area contributed by atoms with Crippen molar-refractivity contribution >= 4 is 16.3 Å². The van der Waals surface area contributed by atoms with Gasteiger partial charge in [0.15, 0.2) is 0 Å². The lowest BCUT2D eigenvalue weighted by Crippen LogP contribution is -1.80. The summed E-state index contributed by atoms with van der Waals surface area (Å²) in [6.45, 7) is 0. The number of hydrogen-bond acceptors (Lipinski definition) is 5. The van der Waals surface area contributed by atoms with Gasteiger partial charge < -0.3 is 10.2 Å². The summed E-state index contributed by atoms with van der Waals surface area (Å²) in [5.74, 6) is -0.200. The van der Waals surface area contributed by atoms with Crippen molar-refractivity contribution in [3.8, 4) is 21.9 Å². The van der Waals surface area contributed by atoms with Crippen molar-refractivity contribution in [3.05, 3.63) is 40.4 Å². The molecule has 5 nitrogen and oxygen atoms in total. The monoisotopic (exact) mass is 237 g/mol. The summed E-state index contributed by atoms with van der Waals surface area (Å²) in [5.41, 5.74) is 0.223. The van der Waals surface area contributed by atoms with Crippen molar-refractivity contribution in [2.75, 3.05) is 0 Å². The van der Waals surface area contributed by atoms with Gasteiger partial charge in [0.1, 0.15) is 11.5 Å². The van der Waals surface area contributed by atoms with E-state index >= 15 is 0 Å². The maximum Gasteiger partial charge on any atom is 0.324 e. The number of thiophene rings is 1. The van der Waals surface area contributed by atoms with Gasteiger partial charge in [-0.1, -0.05) is 17.4 Å². The summed E-state index contributed by atoms with van der Waals surface area (Å²) >= 11 is 0.903. The second-order valence-electron chi connectivity index (χ2n) is 3.07. The Bertz CT molecular complexity index is 529. The molecule has 0 fully saturated rings. The Balaban J connectivity index is 2.54. The van der Waals surface area contributed by atoms with Crippen LogP contribution in [0.15, 0.2) is 30.3 Å². The molecule has 6 heteroatoms. The van der Waals surface area contributed by atoms with E-state index in [4.69, 9.17) is 0 Å². The Hall–Kier alpha value is -2.08. The summed E-state index contributed by atoms with van der Waals surface area (Å²) < 4.78 is 0. The molecule has 2 rings (SSSR count). The van der Waals surface area contributed by atoms with Crippen molar-refractivity contribution < 1.29 is 15.1 Å². The Morgan fingerprint density at radius 2 is 1.75 bits per heavy atom. The highest BCUT2D eigenvalue weighted by atomic mass is 32.1. The summed E-state index contributed by atoms with van der Waals surface area (Å²) in [7, 11) is 0. The van der Waals surface area contributed by atoms with E-state index in [1.165, 1.54) is 30.3 Å². The fourth-order valence-electron chi connectivity index (χ4n) is 1.34. The molecule has 82 valence electrons. The predicted octanol–water partition coefficient (Wildman–Crippen LogP) is 2.73. The molecule has 0 unspecified atom stereocenters. The second kappa shape index (κ2) is 3.82. The number of rotatable bonds is 2. The topological polar surface area (TPSA) is 83.6 Å². The first-order chi connectivity index (χ1) is 7.59. The van der Waals surface area contributed by atoms with E-state index < -0.39 is 4.92 Å². The maximum absolute atomic E-state index is 10.5. The highest BCUT2D eigenvalue weighted by molar-refractivity contribution is 7.18. The third kappa shape index (κ3) is 1.70. The smallest absolute Gasteiger partial charge is 0.324 e. The zero-order chi connectivity index (χ0) is 11.7. The van der Waals surface area contributed by atoms with E-state index in [0.29, 0.717) is 4.88 Å². The highest BCUT2D eigenvalue weighted by Gasteiger charge is 2.16. The first kappa shape index (κ1) is 10.4. The third-order valence-electron chi connectivity index (χ3n) is 2.04. The minimum Gasteiger partial charge on any atom is -0.507 e. The molecule has 0 saturated carbocycles. The normalized spacial score (nSPS) is 10.2. The lowest BCUT2D eigenvalue weighted by atomic mass is 10.1. The third-order valence-corrected chi connectivity index (χ3v) is 3.09. The zero-order valence-corrected chi connectivity index (χ0v) is 8.77. The Morgan fingerprint density at radius 1 is 1.12 bits per heavy atom. The van der Waals surface area contributed by atoms with Crippen molar-refractivity contribution in [1.29, 1.82) is 0 Å². The van der Waals surface area contributed by atoms with E-state index in [9.17, 15) is 20.3 Å². The molecular formula is C10H7NO4S. The van der Waals surface area contributed by atoms with Crippen LogP contribution in [0.3, 0.4) is 0 Å². The van der Waals surface area contributed by atoms with Crippen LogP contribution in [0.2, 0.25) is 0 Å². The van der Waals surface area contributed by atoms with E-state index in [0.717, 1.165) is 11.3 Å². The molecule has 1 aromatic heterocycles. The van der Waals surface area contributed by atoms with Gasteiger partial charge in [-0.25, -0.2) is 0 Å². The van der Waals surface area contributed by atoms with Crippen LogP contribution in [0.1, 0.15) is 0 Å². The molecule has 0 bridgehead atoms. The summed E-state index contributed by atoms with van der Waals surface area (Å²) in [6.07, 6.45) is 0. The molecule has 1 heterocycles.